The summed E-state index contributed by atoms with van der Waals surface area (Å²) in [5.41, 5.74) is 1.98. The number of carbonyl (C=O) groups is 1. The molecular weight excluding hydrogens is 366 g/mol. The van der Waals surface area contributed by atoms with Crippen molar-refractivity contribution in [2.75, 3.05) is 11.8 Å². The molecule has 0 spiro atoms. The van der Waals surface area contributed by atoms with Crippen molar-refractivity contribution in [3.8, 4) is 5.75 Å². The number of anilines is 1. The van der Waals surface area contributed by atoms with Crippen LogP contribution in [0.25, 0.3) is 0 Å². The van der Waals surface area contributed by atoms with Crippen LogP contribution in [0.2, 0.25) is 0 Å². The molecule has 7 heteroatoms. The Hall–Kier alpha value is -2.54. The Morgan fingerprint density at radius 1 is 1.11 bits per heavy atom. The average molecular weight is 391 g/mol. The Balaban J connectivity index is 2.29. The zero-order valence-corrected chi connectivity index (χ0v) is 16.8. The van der Waals surface area contributed by atoms with Gasteiger partial charge in [0, 0.05) is 6.42 Å². The predicted octanol–water partition coefficient (Wildman–Crippen LogP) is 3.81. The number of carboxylic acid groups (broad SMARTS) is 1. The molecule has 2 aromatic rings. The smallest absolute Gasteiger partial charge is 0.303 e. The zero-order valence-electron chi connectivity index (χ0n) is 15.9. The summed E-state index contributed by atoms with van der Waals surface area (Å²) in [6, 6.07) is 11.6. The van der Waals surface area contributed by atoms with Crippen LogP contribution in [-0.4, -0.2) is 26.6 Å². The highest BCUT2D eigenvalue weighted by molar-refractivity contribution is 7.92. The van der Waals surface area contributed by atoms with Gasteiger partial charge in [-0.15, -0.1) is 0 Å². The number of hydrogen-bond donors (Lipinski definition) is 2. The minimum absolute atomic E-state index is 0.00113. The van der Waals surface area contributed by atoms with Gasteiger partial charge in [0.05, 0.1) is 17.7 Å². The number of nitrogens with one attached hydrogen (secondary N) is 1. The van der Waals surface area contributed by atoms with E-state index in [0.29, 0.717) is 17.9 Å². The number of ether oxygens (including phenoxy) is 1. The normalized spacial score (nSPS) is 11.9. The van der Waals surface area contributed by atoms with Crippen molar-refractivity contribution in [1.82, 2.24) is 0 Å². The summed E-state index contributed by atoms with van der Waals surface area (Å²) in [5.74, 6) is -0.455. The van der Waals surface area contributed by atoms with Gasteiger partial charge < -0.3 is 9.84 Å². The summed E-state index contributed by atoms with van der Waals surface area (Å²) in [7, 11) is -2.32. The summed E-state index contributed by atoms with van der Waals surface area (Å²) >= 11 is 0. The van der Waals surface area contributed by atoms with Crippen LogP contribution in [0.5, 0.6) is 5.75 Å². The summed E-state index contributed by atoms with van der Waals surface area (Å²) in [5, 5.41) is 8.73. The van der Waals surface area contributed by atoms with Gasteiger partial charge in [-0.1, -0.05) is 39.0 Å². The monoisotopic (exact) mass is 391 g/mol. The second kappa shape index (κ2) is 8.00. The van der Waals surface area contributed by atoms with Crippen molar-refractivity contribution in [1.29, 1.82) is 0 Å². The molecule has 0 atom stereocenters. The lowest BCUT2D eigenvalue weighted by Crippen LogP contribution is -2.16. The van der Waals surface area contributed by atoms with E-state index in [9.17, 15) is 13.2 Å². The minimum Gasteiger partial charge on any atom is -0.495 e. The maximum absolute atomic E-state index is 12.7. The molecule has 27 heavy (non-hydrogen) atoms. The number of hydrogen-bond acceptors (Lipinski definition) is 4. The van der Waals surface area contributed by atoms with Crippen molar-refractivity contribution in [2.45, 2.75) is 43.9 Å². The number of aliphatic carboxylic acids is 1. The molecule has 2 rings (SSSR count). The van der Waals surface area contributed by atoms with E-state index in [4.69, 9.17) is 9.84 Å². The molecule has 0 heterocycles. The van der Waals surface area contributed by atoms with Crippen LogP contribution < -0.4 is 9.46 Å². The first-order valence-corrected chi connectivity index (χ1v) is 10.0. The van der Waals surface area contributed by atoms with Gasteiger partial charge in [-0.3, -0.25) is 9.52 Å². The van der Waals surface area contributed by atoms with Crippen LogP contribution in [0.15, 0.2) is 47.4 Å². The van der Waals surface area contributed by atoms with Gasteiger partial charge in [0.2, 0.25) is 0 Å². The van der Waals surface area contributed by atoms with E-state index in [1.165, 1.54) is 19.2 Å². The van der Waals surface area contributed by atoms with E-state index in [2.05, 4.69) is 4.72 Å². The highest BCUT2D eigenvalue weighted by Gasteiger charge is 2.20. The third-order valence-electron chi connectivity index (χ3n) is 4.17. The highest BCUT2D eigenvalue weighted by Crippen LogP contribution is 2.32. The minimum atomic E-state index is -3.80. The van der Waals surface area contributed by atoms with Crippen LogP contribution in [0.3, 0.4) is 0 Å². The molecule has 146 valence electrons. The largest absolute Gasteiger partial charge is 0.495 e. The average Bonchev–Trinajstić information content (AvgIpc) is 2.59. The fourth-order valence-electron chi connectivity index (χ4n) is 2.54. The third kappa shape index (κ3) is 5.47. The van der Waals surface area contributed by atoms with Gasteiger partial charge in [-0.05, 0) is 47.2 Å². The Labute approximate surface area is 160 Å². The Bertz CT molecular complexity index is 912. The predicted molar refractivity (Wildman–Crippen MR) is 105 cm³/mol. The van der Waals surface area contributed by atoms with E-state index in [1.807, 2.05) is 26.8 Å². The molecule has 0 aliphatic heterocycles. The molecule has 0 saturated heterocycles. The van der Waals surface area contributed by atoms with Gasteiger partial charge in [0.1, 0.15) is 5.75 Å². The van der Waals surface area contributed by atoms with Gasteiger partial charge >= 0.3 is 5.97 Å². The van der Waals surface area contributed by atoms with Crippen molar-refractivity contribution in [3.63, 3.8) is 0 Å². The molecule has 0 bridgehead atoms. The molecular formula is C20H25NO5S. The van der Waals surface area contributed by atoms with Crippen molar-refractivity contribution in [3.05, 3.63) is 53.6 Å². The van der Waals surface area contributed by atoms with Crippen molar-refractivity contribution < 1.29 is 23.1 Å². The molecule has 0 aliphatic rings. The Kier molecular flexibility index (Phi) is 6.15. The van der Waals surface area contributed by atoms with Crippen LogP contribution in [0.4, 0.5) is 5.69 Å². The molecule has 0 saturated carbocycles. The molecule has 0 unspecified atom stereocenters. The molecule has 0 fully saturated rings. The first-order chi connectivity index (χ1) is 12.5. The van der Waals surface area contributed by atoms with Crippen molar-refractivity contribution in [2.24, 2.45) is 0 Å². The number of benzene rings is 2. The Morgan fingerprint density at radius 2 is 1.74 bits per heavy atom. The van der Waals surface area contributed by atoms with Crippen LogP contribution in [-0.2, 0) is 26.7 Å². The van der Waals surface area contributed by atoms with E-state index in [-0.39, 0.29) is 16.7 Å². The first-order valence-electron chi connectivity index (χ1n) is 8.55. The van der Waals surface area contributed by atoms with Crippen LogP contribution in [0, 0.1) is 0 Å². The fourth-order valence-corrected chi connectivity index (χ4v) is 3.61. The number of carboxylic acids is 1. The fraction of sp³-hybridized carbons (Fsp3) is 0.350. The number of sulfonamides is 1. The lowest BCUT2D eigenvalue weighted by molar-refractivity contribution is -0.136. The third-order valence-corrected chi connectivity index (χ3v) is 5.55. The SMILES string of the molecule is COc1ccc(C(C)(C)C)cc1NS(=O)(=O)c1ccc(CCC(=O)O)cc1. The zero-order chi connectivity index (χ0) is 20.2. The van der Waals surface area contributed by atoms with Gasteiger partial charge in [0.15, 0.2) is 0 Å². The topological polar surface area (TPSA) is 92.7 Å². The molecule has 0 amide bonds. The number of aryl methyl sites for hydroxylation is 1. The molecule has 0 radical (unpaired) electrons. The highest BCUT2D eigenvalue weighted by atomic mass is 32.2. The summed E-state index contributed by atoms with van der Waals surface area (Å²) in [6.45, 7) is 6.13. The standard InChI is InChI=1S/C20H25NO5S/c1-20(2,3)15-8-11-18(26-4)17(13-15)21-27(24,25)16-9-5-14(6-10-16)7-12-19(22)23/h5-6,8-11,13,21H,7,12H2,1-4H3,(H,22,23). The van der Waals surface area contributed by atoms with E-state index in [1.54, 1.807) is 24.3 Å². The summed E-state index contributed by atoms with van der Waals surface area (Å²) in [6.07, 6.45) is 0.353. The van der Waals surface area contributed by atoms with Gasteiger partial charge in [0.25, 0.3) is 10.0 Å². The molecule has 0 aliphatic carbocycles. The molecule has 2 N–H and O–H groups in total. The van der Waals surface area contributed by atoms with Gasteiger partial charge in [-0.2, -0.15) is 0 Å². The van der Waals surface area contributed by atoms with Crippen LogP contribution in [0.1, 0.15) is 38.3 Å². The van der Waals surface area contributed by atoms with Crippen LogP contribution >= 0.6 is 0 Å². The lowest BCUT2D eigenvalue weighted by Gasteiger charge is -2.21. The van der Waals surface area contributed by atoms with E-state index in [0.717, 1.165) is 11.1 Å². The maximum Gasteiger partial charge on any atom is 0.303 e. The number of rotatable bonds is 7. The number of methoxy groups -OCH3 is 1. The maximum atomic E-state index is 12.7. The second-order valence-electron chi connectivity index (χ2n) is 7.31. The summed E-state index contributed by atoms with van der Waals surface area (Å²) in [4.78, 5) is 10.7. The molecule has 0 aromatic heterocycles. The Morgan fingerprint density at radius 3 is 2.26 bits per heavy atom. The molecule has 6 nitrogen and oxygen atoms in total. The van der Waals surface area contributed by atoms with E-state index >= 15 is 0 Å². The second-order valence-corrected chi connectivity index (χ2v) is 8.99. The molecule has 2 aromatic carbocycles. The van der Waals surface area contributed by atoms with Gasteiger partial charge in [-0.25, -0.2) is 8.42 Å². The quantitative estimate of drug-likeness (QED) is 0.749. The lowest BCUT2D eigenvalue weighted by atomic mass is 9.87. The first kappa shape index (κ1) is 20.8. The van der Waals surface area contributed by atoms with E-state index < -0.39 is 16.0 Å². The van der Waals surface area contributed by atoms with Crippen molar-refractivity contribution >= 4 is 21.7 Å². The summed E-state index contributed by atoms with van der Waals surface area (Å²) < 4.78 is 33.4.